The quantitative estimate of drug-likeness (QED) is 0.280. The van der Waals surface area contributed by atoms with Gasteiger partial charge in [-0.05, 0) is 23.7 Å². The predicted molar refractivity (Wildman–Crippen MR) is 67.1 cm³/mol. The normalized spacial score (nSPS) is 11.6. The van der Waals surface area contributed by atoms with Gasteiger partial charge in [0.1, 0.15) is 11.4 Å². The summed E-state index contributed by atoms with van der Waals surface area (Å²) in [6.07, 6.45) is -3.45. The van der Waals surface area contributed by atoms with Gasteiger partial charge < -0.3 is 9.47 Å². The summed E-state index contributed by atoms with van der Waals surface area (Å²) in [6.45, 7) is 0. The lowest BCUT2D eigenvalue weighted by Crippen LogP contribution is -2.06. The number of rotatable bonds is 4. The molecule has 0 heterocycles. The summed E-state index contributed by atoms with van der Waals surface area (Å²) < 4.78 is 47.0. The van der Waals surface area contributed by atoms with E-state index in [-0.39, 0.29) is 11.3 Å². The molecule has 0 atom stereocenters. The van der Waals surface area contributed by atoms with Gasteiger partial charge >= 0.3 is 12.1 Å². The Morgan fingerprint density at radius 1 is 1.38 bits per heavy atom. The van der Waals surface area contributed by atoms with Crippen LogP contribution in [0.5, 0.6) is 5.75 Å². The van der Waals surface area contributed by atoms with Crippen LogP contribution in [0, 0.1) is 0 Å². The van der Waals surface area contributed by atoms with Crippen molar-refractivity contribution in [3.8, 4) is 5.75 Å². The molecule has 0 radical (unpaired) electrons. The van der Waals surface area contributed by atoms with E-state index in [2.05, 4.69) is 14.8 Å². The second-order valence-corrected chi connectivity index (χ2v) is 3.67. The lowest BCUT2D eigenvalue weighted by molar-refractivity contribution is -0.138. The molecule has 1 aromatic carbocycles. The van der Waals surface area contributed by atoms with Gasteiger partial charge in [0.25, 0.3) is 0 Å². The van der Waals surface area contributed by atoms with Gasteiger partial charge in [-0.3, -0.25) is 0 Å². The third-order valence-corrected chi connectivity index (χ3v) is 2.40. The van der Waals surface area contributed by atoms with Crippen molar-refractivity contribution < 1.29 is 27.4 Å². The van der Waals surface area contributed by atoms with E-state index in [0.29, 0.717) is 0 Å². The van der Waals surface area contributed by atoms with E-state index in [9.17, 15) is 18.0 Å². The summed E-state index contributed by atoms with van der Waals surface area (Å²) in [4.78, 5) is 13.8. The number of esters is 1. The SMILES string of the molecule is COC(=O)/C(=C/c1ccc(C(F)(F)F)cc1OC)N=[N+]=[N-]. The molecule has 0 amide bonds. The molecule has 0 spiro atoms. The molecule has 1 rings (SSSR count). The molecule has 0 aliphatic carbocycles. The Kier molecular flexibility index (Phi) is 5.20. The molecule has 0 saturated carbocycles. The summed E-state index contributed by atoms with van der Waals surface area (Å²) in [5.41, 5.74) is 7.20. The maximum atomic E-state index is 12.6. The molecule has 0 aliphatic rings. The predicted octanol–water partition coefficient (Wildman–Crippen LogP) is 3.54. The summed E-state index contributed by atoms with van der Waals surface area (Å²) >= 11 is 0. The fourth-order valence-corrected chi connectivity index (χ4v) is 1.44. The van der Waals surface area contributed by atoms with Crippen LogP contribution in [0.15, 0.2) is 29.0 Å². The minimum absolute atomic E-state index is 0.126. The Balaban J connectivity index is 3.36. The van der Waals surface area contributed by atoms with Crippen LogP contribution in [0.1, 0.15) is 11.1 Å². The van der Waals surface area contributed by atoms with Crippen molar-refractivity contribution in [2.75, 3.05) is 14.2 Å². The first-order valence-corrected chi connectivity index (χ1v) is 5.43. The van der Waals surface area contributed by atoms with Gasteiger partial charge in [0.15, 0.2) is 0 Å². The number of carbonyl (C=O) groups excluding carboxylic acids is 1. The topological polar surface area (TPSA) is 84.3 Å². The number of azide groups is 1. The average molecular weight is 301 g/mol. The molecule has 0 bridgehead atoms. The summed E-state index contributed by atoms with van der Waals surface area (Å²) in [7, 11) is 2.26. The number of hydrogen-bond donors (Lipinski definition) is 0. The molecule has 6 nitrogen and oxygen atoms in total. The number of methoxy groups -OCH3 is 2. The number of carbonyl (C=O) groups is 1. The van der Waals surface area contributed by atoms with Crippen LogP contribution >= 0.6 is 0 Å². The Hall–Kier alpha value is -2.67. The highest BCUT2D eigenvalue weighted by atomic mass is 19.4. The van der Waals surface area contributed by atoms with Gasteiger partial charge in [0.05, 0.1) is 19.8 Å². The lowest BCUT2D eigenvalue weighted by Gasteiger charge is -2.11. The van der Waals surface area contributed by atoms with Gasteiger partial charge in [0, 0.05) is 10.5 Å². The zero-order chi connectivity index (χ0) is 16.0. The molecule has 1 aromatic rings. The van der Waals surface area contributed by atoms with Crippen LogP contribution in [0.2, 0.25) is 0 Å². The molecule has 0 fully saturated rings. The number of benzene rings is 1. The highest BCUT2D eigenvalue weighted by Crippen LogP contribution is 2.33. The van der Waals surface area contributed by atoms with Crippen LogP contribution < -0.4 is 4.74 Å². The maximum absolute atomic E-state index is 12.6. The summed E-state index contributed by atoms with van der Waals surface area (Å²) in [5, 5.41) is 3.13. The van der Waals surface area contributed by atoms with Crippen molar-refractivity contribution in [3.63, 3.8) is 0 Å². The molecular formula is C12H10F3N3O3. The molecule has 0 saturated heterocycles. The van der Waals surface area contributed by atoms with Crippen LogP contribution in [0.4, 0.5) is 13.2 Å². The fraction of sp³-hybridized carbons (Fsp3) is 0.250. The average Bonchev–Trinajstić information content (AvgIpc) is 2.45. The Labute approximate surface area is 117 Å². The third kappa shape index (κ3) is 4.15. The number of hydrogen-bond acceptors (Lipinski definition) is 4. The smallest absolute Gasteiger partial charge is 0.416 e. The molecule has 9 heteroatoms. The maximum Gasteiger partial charge on any atom is 0.416 e. The minimum Gasteiger partial charge on any atom is -0.496 e. The first-order valence-electron chi connectivity index (χ1n) is 5.43. The van der Waals surface area contributed by atoms with E-state index >= 15 is 0 Å². The Morgan fingerprint density at radius 3 is 2.52 bits per heavy atom. The molecule has 112 valence electrons. The van der Waals surface area contributed by atoms with E-state index < -0.39 is 23.4 Å². The van der Waals surface area contributed by atoms with Crippen LogP contribution in [0.3, 0.4) is 0 Å². The molecule has 0 N–H and O–H groups in total. The fourth-order valence-electron chi connectivity index (χ4n) is 1.44. The first kappa shape index (κ1) is 16.4. The second-order valence-electron chi connectivity index (χ2n) is 3.67. The van der Waals surface area contributed by atoms with Crippen LogP contribution in [0.25, 0.3) is 16.5 Å². The standard InChI is InChI=1S/C12H10F3N3O3/c1-20-10-6-8(12(13,14)15)4-3-7(10)5-9(17-18-16)11(19)21-2/h3-6H,1-2H3/b9-5-. The molecule has 0 aromatic heterocycles. The molecule has 0 unspecified atom stereocenters. The number of alkyl halides is 3. The first-order chi connectivity index (χ1) is 9.83. The van der Waals surface area contributed by atoms with Crippen molar-refractivity contribution in [2.24, 2.45) is 5.11 Å². The van der Waals surface area contributed by atoms with Gasteiger partial charge in [0.2, 0.25) is 0 Å². The van der Waals surface area contributed by atoms with Crippen molar-refractivity contribution in [3.05, 3.63) is 45.5 Å². The number of ether oxygens (including phenoxy) is 2. The minimum atomic E-state index is -4.52. The second kappa shape index (κ2) is 6.67. The van der Waals surface area contributed by atoms with Gasteiger partial charge in [-0.2, -0.15) is 13.2 Å². The summed E-state index contributed by atoms with van der Waals surface area (Å²) in [5.74, 6) is -1.05. The Morgan fingerprint density at radius 2 is 2.05 bits per heavy atom. The summed E-state index contributed by atoms with van der Waals surface area (Å²) in [6, 6.07) is 2.69. The van der Waals surface area contributed by atoms with E-state index in [1.54, 1.807) is 0 Å². The number of halogens is 3. The largest absolute Gasteiger partial charge is 0.496 e. The number of nitrogens with zero attached hydrogens (tertiary/aromatic N) is 3. The third-order valence-electron chi connectivity index (χ3n) is 2.40. The van der Waals surface area contributed by atoms with Crippen molar-refractivity contribution in [2.45, 2.75) is 6.18 Å². The van der Waals surface area contributed by atoms with Gasteiger partial charge in [-0.15, -0.1) is 0 Å². The zero-order valence-electron chi connectivity index (χ0n) is 11.0. The van der Waals surface area contributed by atoms with E-state index in [0.717, 1.165) is 31.4 Å². The van der Waals surface area contributed by atoms with Crippen molar-refractivity contribution >= 4 is 12.0 Å². The molecule has 0 aliphatic heterocycles. The lowest BCUT2D eigenvalue weighted by atomic mass is 10.1. The Bertz CT molecular complexity index is 620. The van der Waals surface area contributed by atoms with Crippen LogP contribution in [-0.4, -0.2) is 20.2 Å². The molecule has 21 heavy (non-hydrogen) atoms. The monoisotopic (exact) mass is 301 g/mol. The molecular weight excluding hydrogens is 291 g/mol. The van der Waals surface area contributed by atoms with Gasteiger partial charge in [-0.25, -0.2) is 4.79 Å². The van der Waals surface area contributed by atoms with E-state index in [4.69, 9.17) is 10.3 Å². The van der Waals surface area contributed by atoms with Crippen molar-refractivity contribution in [1.29, 1.82) is 0 Å². The van der Waals surface area contributed by atoms with Gasteiger partial charge in [-0.1, -0.05) is 11.2 Å². The highest BCUT2D eigenvalue weighted by Gasteiger charge is 2.31. The van der Waals surface area contributed by atoms with E-state index in [1.165, 1.54) is 7.11 Å². The van der Waals surface area contributed by atoms with E-state index in [1.807, 2.05) is 0 Å². The van der Waals surface area contributed by atoms with Crippen LogP contribution in [-0.2, 0) is 15.7 Å². The highest BCUT2D eigenvalue weighted by molar-refractivity contribution is 5.93. The van der Waals surface area contributed by atoms with Crippen molar-refractivity contribution in [1.82, 2.24) is 0 Å². The zero-order valence-corrected chi connectivity index (χ0v) is 11.0.